The van der Waals surface area contributed by atoms with E-state index in [1.165, 1.54) is 6.42 Å². The van der Waals surface area contributed by atoms with Crippen LogP contribution in [0.3, 0.4) is 0 Å². The molecule has 1 unspecified atom stereocenters. The van der Waals surface area contributed by atoms with Gasteiger partial charge in [0, 0.05) is 13.0 Å². The Morgan fingerprint density at radius 3 is 2.54 bits per heavy atom. The minimum absolute atomic E-state index is 0.230. The van der Waals surface area contributed by atoms with Crippen molar-refractivity contribution in [1.82, 2.24) is 0 Å². The molecule has 2 nitrogen and oxygen atoms in total. The third-order valence-corrected chi connectivity index (χ3v) is 4.40. The summed E-state index contributed by atoms with van der Waals surface area (Å²) in [5.74, 6) is 0. The molecule has 1 saturated heterocycles. The molecule has 1 aliphatic heterocycles. The Hall–Kier alpha value is -0.153. The van der Waals surface area contributed by atoms with Crippen molar-refractivity contribution >= 4 is 13.5 Å². The summed E-state index contributed by atoms with van der Waals surface area (Å²) < 4.78 is 5.55. The van der Waals surface area contributed by atoms with Gasteiger partial charge in [0.05, 0.1) is 6.10 Å². The molecule has 1 rings (SSSR count). The smallest absolute Gasteiger partial charge is 0.124 e. The number of carbonyl (C=O) groups excluding carboxylic acids is 1. The van der Waals surface area contributed by atoms with Crippen LogP contribution in [-0.4, -0.2) is 26.2 Å². The van der Waals surface area contributed by atoms with Crippen molar-refractivity contribution in [2.75, 3.05) is 6.61 Å². The van der Waals surface area contributed by atoms with Gasteiger partial charge in [0.25, 0.3) is 0 Å². The molecule has 1 fully saturated rings. The summed E-state index contributed by atoms with van der Waals surface area (Å²) in [6.07, 6.45) is 4.36. The van der Waals surface area contributed by atoms with E-state index in [9.17, 15) is 4.79 Å². The highest BCUT2D eigenvalue weighted by Gasteiger charge is 2.27. The fraction of sp³-hybridized carbons (Fsp3) is 0.900. The summed E-state index contributed by atoms with van der Waals surface area (Å²) in [6.45, 7) is 7.18. The van der Waals surface area contributed by atoms with Crippen LogP contribution in [0.2, 0.25) is 19.6 Å². The van der Waals surface area contributed by atoms with Gasteiger partial charge in [0.2, 0.25) is 0 Å². The van der Waals surface area contributed by atoms with Gasteiger partial charge in [-0.3, -0.25) is 0 Å². The van der Waals surface area contributed by atoms with Crippen molar-refractivity contribution < 1.29 is 9.53 Å². The average Bonchev–Trinajstić information content (AvgIpc) is 2.04. The van der Waals surface area contributed by atoms with Crippen LogP contribution < -0.4 is 0 Å². The molecule has 0 bridgehead atoms. The molecular weight excluding hydrogens is 180 g/mol. The van der Waals surface area contributed by atoms with Crippen molar-refractivity contribution in [1.29, 1.82) is 0 Å². The Bertz CT molecular complexity index is 178. The van der Waals surface area contributed by atoms with Gasteiger partial charge in [-0.2, -0.15) is 0 Å². The molecule has 76 valence electrons. The van der Waals surface area contributed by atoms with Crippen molar-refractivity contribution in [2.24, 2.45) is 0 Å². The van der Waals surface area contributed by atoms with Crippen molar-refractivity contribution in [3.8, 4) is 0 Å². The van der Waals surface area contributed by atoms with E-state index >= 15 is 0 Å². The largest absolute Gasteiger partial charge is 0.378 e. The molecule has 1 aliphatic rings. The SMILES string of the molecule is C[Si](C)(C)C(=O)CC1CCCCO1. The van der Waals surface area contributed by atoms with Crippen molar-refractivity contribution in [3.63, 3.8) is 0 Å². The van der Waals surface area contributed by atoms with Gasteiger partial charge in [-0.25, -0.2) is 0 Å². The molecule has 0 radical (unpaired) electrons. The predicted molar refractivity (Wildman–Crippen MR) is 56.6 cm³/mol. The zero-order chi connectivity index (χ0) is 9.90. The lowest BCUT2D eigenvalue weighted by molar-refractivity contribution is -0.116. The minimum Gasteiger partial charge on any atom is -0.378 e. The number of carbonyl (C=O) groups is 1. The molecule has 0 aliphatic carbocycles. The third-order valence-electron chi connectivity index (χ3n) is 2.52. The van der Waals surface area contributed by atoms with Gasteiger partial charge in [-0.1, -0.05) is 19.6 Å². The van der Waals surface area contributed by atoms with Crippen LogP contribution in [0, 0.1) is 0 Å². The summed E-state index contributed by atoms with van der Waals surface area (Å²) in [7, 11) is -1.56. The van der Waals surface area contributed by atoms with Crippen LogP contribution in [0.4, 0.5) is 0 Å². The van der Waals surface area contributed by atoms with Gasteiger partial charge < -0.3 is 9.53 Å². The Morgan fingerprint density at radius 2 is 2.08 bits per heavy atom. The molecular formula is C10H20O2Si. The molecule has 3 heteroatoms. The van der Waals surface area contributed by atoms with Crippen LogP contribution in [0.5, 0.6) is 0 Å². The van der Waals surface area contributed by atoms with Gasteiger partial charge in [0.15, 0.2) is 0 Å². The molecule has 0 spiro atoms. The van der Waals surface area contributed by atoms with Crippen LogP contribution in [0.25, 0.3) is 0 Å². The summed E-state index contributed by atoms with van der Waals surface area (Å²) in [5.41, 5.74) is 0. The highest BCUT2D eigenvalue weighted by Crippen LogP contribution is 2.18. The molecule has 1 atom stereocenters. The Morgan fingerprint density at radius 1 is 1.38 bits per heavy atom. The lowest BCUT2D eigenvalue weighted by Crippen LogP contribution is -2.37. The fourth-order valence-electron chi connectivity index (χ4n) is 1.48. The fourth-order valence-corrected chi connectivity index (χ4v) is 2.32. The number of rotatable bonds is 3. The van der Waals surface area contributed by atoms with E-state index in [1.54, 1.807) is 0 Å². The average molecular weight is 200 g/mol. The van der Waals surface area contributed by atoms with E-state index in [0.717, 1.165) is 19.4 Å². The molecule has 0 aromatic carbocycles. The van der Waals surface area contributed by atoms with Gasteiger partial charge in [-0.05, 0) is 19.3 Å². The molecule has 0 aromatic rings. The predicted octanol–water partition coefficient (Wildman–Crippen LogP) is 2.39. The van der Waals surface area contributed by atoms with E-state index in [4.69, 9.17) is 4.74 Å². The summed E-state index contributed by atoms with van der Waals surface area (Å²) in [6, 6.07) is 0. The van der Waals surface area contributed by atoms with E-state index in [-0.39, 0.29) is 6.10 Å². The minimum atomic E-state index is -1.56. The van der Waals surface area contributed by atoms with Crippen LogP contribution in [0.15, 0.2) is 0 Å². The number of hydrogen-bond donors (Lipinski definition) is 0. The Balaban J connectivity index is 2.35. The first kappa shape index (κ1) is 10.9. The second-order valence-electron chi connectivity index (χ2n) is 4.87. The summed E-state index contributed by atoms with van der Waals surface area (Å²) in [5, 5.41) is 0.458. The van der Waals surface area contributed by atoms with Crippen LogP contribution >= 0.6 is 0 Å². The standard InChI is InChI=1S/C10H20O2Si/c1-13(2,3)10(11)8-9-6-4-5-7-12-9/h9H,4-8H2,1-3H3. The molecule has 0 N–H and O–H groups in total. The topological polar surface area (TPSA) is 26.3 Å². The quantitative estimate of drug-likeness (QED) is 0.654. The van der Waals surface area contributed by atoms with E-state index in [1.807, 2.05) is 0 Å². The molecule has 0 amide bonds. The lowest BCUT2D eigenvalue weighted by Gasteiger charge is -2.24. The van der Waals surface area contributed by atoms with Crippen molar-refractivity contribution in [2.45, 2.75) is 51.4 Å². The summed E-state index contributed by atoms with van der Waals surface area (Å²) in [4.78, 5) is 11.7. The maximum atomic E-state index is 11.7. The zero-order valence-corrected chi connectivity index (χ0v) is 9.93. The van der Waals surface area contributed by atoms with E-state index in [2.05, 4.69) is 19.6 Å². The van der Waals surface area contributed by atoms with Gasteiger partial charge >= 0.3 is 0 Å². The second-order valence-corrected chi connectivity index (χ2v) is 9.92. The first-order valence-electron chi connectivity index (χ1n) is 5.15. The van der Waals surface area contributed by atoms with E-state index in [0.29, 0.717) is 11.8 Å². The first-order chi connectivity index (χ1) is 6.00. The molecule has 13 heavy (non-hydrogen) atoms. The number of hydrogen-bond acceptors (Lipinski definition) is 2. The van der Waals surface area contributed by atoms with Gasteiger partial charge in [-0.15, -0.1) is 0 Å². The monoisotopic (exact) mass is 200 g/mol. The van der Waals surface area contributed by atoms with E-state index < -0.39 is 8.07 Å². The Labute approximate surface area is 81.7 Å². The molecule has 1 heterocycles. The maximum absolute atomic E-state index is 11.7. The Kier molecular flexibility index (Phi) is 3.68. The second kappa shape index (κ2) is 4.38. The molecule has 0 aromatic heterocycles. The van der Waals surface area contributed by atoms with Gasteiger partial charge in [0.1, 0.15) is 13.5 Å². The lowest BCUT2D eigenvalue weighted by atomic mass is 10.1. The highest BCUT2D eigenvalue weighted by atomic mass is 28.3. The maximum Gasteiger partial charge on any atom is 0.124 e. The van der Waals surface area contributed by atoms with Crippen LogP contribution in [-0.2, 0) is 9.53 Å². The normalized spacial score (nSPS) is 24.4. The first-order valence-corrected chi connectivity index (χ1v) is 8.65. The summed E-state index contributed by atoms with van der Waals surface area (Å²) >= 11 is 0. The zero-order valence-electron chi connectivity index (χ0n) is 8.93. The van der Waals surface area contributed by atoms with Crippen LogP contribution in [0.1, 0.15) is 25.7 Å². The molecule has 0 saturated carbocycles. The highest BCUT2D eigenvalue weighted by molar-refractivity contribution is 7.03. The third kappa shape index (κ3) is 3.61. The number of ether oxygens (including phenoxy) is 1. The van der Waals surface area contributed by atoms with Crippen molar-refractivity contribution in [3.05, 3.63) is 0 Å².